The van der Waals surface area contributed by atoms with E-state index in [1.807, 2.05) is 13.0 Å². The van der Waals surface area contributed by atoms with Crippen LogP contribution in [-0.2, 0) is 0 Å². The molecule has 0 atom stereocenters. The molecule has 0 radical (unpaired) electrons. The van der Waals surface area contributed by atoms with Gasteiger partial charge in [-0.2, -0.15) is 0 Å². The van der Waals surface area contributed by atoms with Gasteiger partial charge in [-0.1, -0.05) is 39.3 Å². The van der Waals surface area contributed by atoms with Crippen molar-refractivity contribution in [2.45, 2.75) is 46.5 Å². The molecular formula is C18H26N4. The van der Waals surface area contributed by atoms with Gasteiger partial charge in [0.1, 0.15) is 17.5 Å². The van der Waals surface area contributed by atoms with Gasteiger partial charge in [0.25, 0.3) is 0 Å². The maximum Gasteiger partial charge on any atom is 0.136 e. The van der Waals surface area contributed by atoms with E-state index in [1.54, 1.807) is 0 Å². The first kappa shape index (κ1) is 16.3. The first-order valence-electron chi connectivity index (χ1n) is 8.05. The number of hydrogen-bond acceptors (Lipinski definition) is 4. The molecule has 4 nitrogen and oxygen atoms in total. The fourth-order valence-corrected chi connectivity index (χ4v) is 2.21. The Labute approximate surface area is 133 Å². The lowest BCUT2D eigenvalue weighted by molar-refractivity contribution is 0.829. The van der Waals surface area contributed by atoms with Crippen LogP contribution in [0.15, 0.2) is 30.3 Å². The fourth-order valence-electron chi connectivity index (χ4n) is 2.21. The summed E-state index contributed by atoms with van der Waals surface area (Å²) in [6.07, 6.45) is 2.31. The minimum Gasteiger partial charge on any atom is -0.370 e. The molecule has 118 valence electrons. The maximum atomic E-state index is 4.45. The normalized spacial score (nSPS) is 10.8. The van der Waals surface area contributed by atoms with Crippen molar-refractivity contribution in [3.05, 3.63) is 41.7 Å². The Morgan fingerprint density at radius 2 is 1.73 bits per heavy atom. The number of nitrogens with one attached hydrogen (secondary N) is 2. The maximum absolute atomic E-state index is 4.45. The molecule has 0 amide bonds. The van der Waals surface area contributed by atoms with Crippen LogP contribution in [0.5, 0.6) is 0 Å². The highest BCUT2D eigenvalue weighted by atomic mass is 15.1. The van der Waals surface area contributed by atoms with E-state index in [-0.39, 0.29) is 0 Å². The van der Waals surface area contributed by atoms with E-state index in [0.29, 0.717) is 5.92 Å². The zero-order valence-electron chi connectivity index (χ0n) is 14.0. The number of aryl methyl sites for hydroxylation is 1. The highest BCUT2D eigenvalue weighted by Crippen LogP contribution is 2.21. The van der Waals surface area contributed by atoms with Gasteiger partial charge in [0.2, 0.25) is 0 Å². The number of anilines is 3. The van der Waals surface area contributed by atoms with E-state index >= 15 is 0 Å². The summed E-state index contributed by atoms with van der Waals surface area (Å²) in [4.78, 5) is 8.88. The summed E-state index contributed by atoms with van der Waals surface area (Å²) in [6.45, 7) is 9.43. The predicted molar refractivity (Wildman–Crippen MR) is 94.0 cm³/mol. The number of nitrogens with zero attached hydrogens (tertiary/aromatic N) is 2. The molecule has 2 rings (SSSR count). The lowest BCUT2D eigenvalue weighted by Gasteiger charge is -2.11. The van der Waals surface area contributed by atoms with Gasteiger partial charge >= 0.3 is 0 Å². The van der Waals surface area contributed by atoms with Crippen molar-refractivity contribution in [1.82, 2.24) is 9.97 Å². The molecule has 0 aliphatic carbocycles. The quantitative estimate of drug-likeness (QED) is 0.716. The fraction of sp³-hybridized carbons (Fsp3) is 0.444. The van der Waals surface area contributed by atoms with Crippen molar-refractivity contribution in [2.75, 3.05) is 17.2 Å². The molecule has 1 heterocycles. The third-order valence-corrected chi connectivity index (χ3v) is 3.52. The van der Waals surface area contributed by atoms with Gasteiger partial charge in [0.15, 0.2) is 0 Å². The predicted octanol–water partition coefficient (Wildman–Crippen LogP) is 4.86. The van der Waals surface area contributed by atoms with Crippen LogP contribution in [0.3, 0.4) is 0 Å². The first-order chi connectivity index (χ1) is 10.6. The van der Waals surface area contributed by atoms with Gasteiger partial charge in [0, 0.05) is 18.3 Å². The molecule has 0 aliphatic rings. The van der Waals surface area contributed by atoms with Crippen LogP contribution in [0.2, 0.25) is 0 Å². The second-order valence-corrected chi connectivity index (χ2v) is 5.87. The Hall–Kier alpha value is -2.10. The van der Waals surface area contributed by atoms with E-state index in [1.165, 1.54) is 12.0 Å². The molecule has 0 saturated heterocycles. The van der Waals surface area contributed by atoms with E-state index in [4.69, 9.17) is 0 Å². The van der Waals surface area contributed by atoms with Crippen LogP contribution < -0.4 is 10.6 Å². The van der Waals surface area contributed by atoms with Crippen molar-refractivity contribution in [2.24, 2.45) is 0 Å². The van der Waals surface area contributed by atoms with Crippen LogP contribution in [0.25, 0.3) is 0 Å². The Morgan fingerprint density at radius 1 is 1.05 bits per heavy atom. The van der Waals surface area contributed by atoms with E-state index in [9.17, 15) is 0 Å². The Morgan fingerprint density at radius 3 is 2.36 bits per heavy atom. The zero-order chi connectivity index (χ0) is 15.9. The molecule has 2 aromatic rings. The number of aromatic nitrogens is 2. The molecule has 1 aromatic carbocycles. The van der Waals surface area contributed by atoms with Crippen molar-refractivity contribution in [3.8, 4) is 0 Å². The Balaban J connectivity index is 2.08. The smallest absolute Gasteiger partial charge is 0.136 e. The minimum absolute atomic E-state index is 0.546. The summed E-state index contributed by atoms with van der Waals surface area (Å²) < 4.78 is 0. The zero-order valence-corrected chi connectivity index (χ0v) is 14.0. The number of unbranched alkanes of at least 4 members (excludes halogenated alkanes) is 1. The molecule has 4 heteroatoms. The number of benzene rings is 1. The Kier molecular flexibility index (Phi) is 5.75. The van der Waals surface area contributed by atoms with E-state index in [2.05, 4.69) is 65.6 Å². The van der Waals surface area contributed by atoms with Gasteiger partial charge in [-0.25, -0.2) is 9.97 Å². The van der Waals surface area contributed by atoms with Crippen molar-refractivity contribution in [3.63, 3.8) is 0 Å². The summed E-state index contributed by atoms with van der Waals surface area (Å²) in [5.41, 5.74) is 2.38. The summed E-state index contributed by atoms with van der Waals surface area (Å²) in [6, 6.07) is 10.5. The van der Waals surface area contributed by atoms with Gasteiger partial charge in [-0.15, -0.1) is 0 Å². The van der Waals surface area contributed by atoms with Gasteiger partial charge in [0.05, 0.1) is 0 Å². The second-order valence-electron chi connectivity index (χ2n) is 5.87. The van der Waals surface area contributed by atoms with E-state index < -0.39 is 0 Å². The van der Waals surface area contributed by atoms with Crippen LogP contribution in [0, 0.1) is 6.92 Å². The van der Waals surface area contributed by atoms with Crippen molar-refractivity contribution >= 4 is 17.3 Å². The molecule has 0 saturated carbocycles. The molecule has 0 bridgehead atoms. The van der Waals surface area contributed by atoms with Crippen LogP contribution >= 0.6 is 0 Å². The SMILES string of the molecule is CCCCNc1cc(Nc2ccc(C(C)C)cc2)nc(C)n1. The number of hydrogen-bond donors (Lipinski definition) is 2. The summed E-state index contributed by atoms with van der Waals surface area (Å²) >= 11 is 0. The lowest BCUT2D eigenvalue weighted by Crippen LogP contribution is -2.06. The monoisotopic (exact) mass is 298 g/mol. The first-order valence-corrected chi connectivity index (χ1v) is 8.05. The number of rotatable bonds is 7. The lowest BCUT2D eigenvalue weighted by atomic mass is 10.0. The van der Waals surface area contributed by atoms with Crippen LogP contribution in [0.1, 0.15) is 50.9 Å². The molecule has 0 fully saturated rings. The van der Waals surface area contributed by atoms with Crippen LogP contribution in [-0.4, -0.2) is 16.5 Å². The summed E-state index contributed by atoms with van der Waals surface area (Å²) in [7, 11) is 0. The molecule has 0 aliphatic heterocycles. The standard InChI is InChI=1S/C18H26N4/c1-5-6-11-19-17-12-18(21-14(4)20-17)22-16-9-7-15(8-10-16)13(2)3/h7-10,12-13H,5-6,11H2,1-4H3,(H2,19,20,21,22). The molecule has 0 spiro atoms. The minimum atomic E-state index is 0.546. The molecule has 22 heavy (non-hydrogen) atoms. The van der Waals surface area contributed by atoms with Gasteiger partial charge in [-0.3, -0.25) is 0 Å². The highest BCUT2D eigenvalue weighted by Gasteiger charge is 2.03. The molecule has 0 unspecified atom stereocenters. The topological polar surface area (TPSA) is 49.8 Å². The van der Waals surface area contributed by atoms with Gasteiger partial charge < -0.3 is 10.6 Å². The van der Waals surface area contributed by atoms with Crippen LogP contribution in [0.4, 0.5) is 17.3 Å². The molecule has 1 aromatic heterocycles. The largest absolute Gasteiger partial charge is 0.370 e. The average molecular weight is 298 g/mol. The summed E-state index contributed by atoms with van der Waals surface area (Å²) in [5.74, 6) is 3.01. The molecule has 2 N–H and O–H groups in total. The van der Waals surface area contributed by atoms with Crippen molar-refractivity contribution < 1.29 is 0 Å². The highest BCUT2D eigenvalue weighted by molar-refractivity contribution is 5.59. The third-order valence-electron chi connectivity index (χ3n) is 3.52. The van der Waals surface area contributed by atoms with Crippen molar-refractivity contribution in [1.29, 1.82) is 0 Å². The van der Waals surface area contributed by atoms with E-state index in [0.717, 1.165) is 36.1 Å². The summed E-state index contributed by atoms with van der Waals surface area (Å²) in [5, 5.41) is 6.70. The Bertz CT molecular complexity index is 591. The van der Waals surface area contributed by atoms with Gasteiger partial charge in [-0.05, 0) is 37.0 Å². The average Bonchev–Trinajstić information content (AvgIpc) is 2.47. The third kappa shape index (κ3) is 4.72. The molecular weight excluding hydrogens is 272 g/mol. The second kappa shape index (κ2) is 7.78.